The molecule has 78 valence electrons. The van der Waals surface area contributed by atoms with E-state index in [1.165, 1.54) is 12.1 Å². The summed E-state index contributed by atoms with van der Waals surface area (Å²) in [6, 6.07) is 6.50. The number of hydrogen-bond donors (Lipinski definition) is 1. The van der Waals surface area contributed by atoms with Gasteiger partial charge >= 0.3 is 0 Å². The highest BCUT2D eigenvalue weighted by atomic mass is 32.1. The van der Waals surface area contributed by atoms with E-state index < -0.39 is 0 Å². The van der Waals surface area contributed by atoms with Crippen molar-refractivity contribution < 1.29 is 4.39 Å². The standard InChI is InChI=1S/C11H11FN2S/c1-7-10(14-11(13-2)15-7)8-4-3-5-9(12)6-8/h3-6H,1-2H3,(H,13,14). The maximum atomic E-state index is 13.0. The molecular weight excluding hydrogens is 211 g/mol. The Hall–Kier alpha value is -1.42. The predicted molar refractivity (Wildman–Crippen MR) is 61.8 cm³/mol. The van der Waals surface area contributed by atoms with Crippen molar-refractivity contribution in [1.29, 1.82) is 0 Å². The molecule has 0 aliphatic heterocycles. The highest BCUT2D eigenvalue weighted by Gasteiger charge is 2.09. The van der Waals surface area contributed by atoms with Crippen molar-refractivity contribution in [2.75, 3.05) is 12.4 Å². The number of hydrogen-bond acceptors (Lipinski definition) is 3. The molecule has 1 N–H and O–H groups in total. The van der Waals surface area contributed by atoms with Crippen LogP contribution in [0.4, 0.5) is 9.52 Å². The van der Waals surface area contributed by atoms with Crippen molar-refractivity contribution >= 4 is 16.5 Å². The molecule has 0 spiro atoms. The van der Waals surface area contributed by atoms with Gasteiger partial charge in [0.05, 0.1) is 5.69 Å². The van der Waals surface area contributed by atoms with Crippen LogP contribution in [0.25, 0.3) is 11.3 Å². The Morgan fingerprint density at radius 3 is 2.80 bits per heavy atom. The number of nitrogens with zero attached hydrogens (tertiary/aromatic N) is 1. The van der Waals surface area contributed by atoms with Gasteiger partial charge in [0.15, 0.2) is 5.13 Å². The highest BCUT2D eigenvalue weighted by Crippen LogP contribution is 2.30. The largest absolute Gasteiger partial charge is 0.365 e. The molecule has 0 saturated heterocycles. The fourth-order valence-corrected chi connectivity index (χ4v) is 2.20. The van der Waals surface area contributed by atoms with E-state index in [4.69, 9.17) is 0 Å². The summed E-state index contributed by atoms with van der Waals surface area (Å²) in [4.78, 5) is 5.47. The number of thiazole rings is 1. The van der Waals surface area contributed by atoms with Crippen molar-refractivity contribution in [2.24, 2.45) is 0 Å². The molecular formula is C11H11FN2S. The number of halogens is 1. The molecule has 0 aliphatic rings. The average molecular weight is 222 g/mol. The summed E-state index contributed by atoms with van der Waals surface area (Å²) in [6.45, 7) is 1.98. The zero-order chi connectivity index (χ0) is 10.8. The van der Waals surface area contributed by atoms with Crippen LogP contribution in [0.3, 0.4) is 0 Å². The second-order valence-electron chi connectivity index (χ2n) is 3.18. The minimum atomic E-state index is -0.231. The topological polar surface area (TPSA) is 24.9 Å². The molecule has 0 atom stereocenters. The first-order valence-corrected chi connectivity index (χ1v) is 5.43. The van der Waals surface area contributed by atoms with Gasteiger partial charge in [-0.3, -0.25) is 0 Å². The smallest absolute Gasteiger partial charge is 0.183 e. The van der Waals surface area contributed by atoms with Crippen LogP contribution in [0.1, 0.15) is 4.88 Å². The number of aromatic nitrogens is 1. The molecule has 1 heterocycles. The number of anilines is 1. The van der Waals surface area contributed by atoms with Crippen molar-refractivity contribution in [3.05, 3.63) is 35.0 Å². The molecule has 1 aromatic heterocycles. The lowest BCUT2D eigenvalue weighted by molar-refractivity contribution is 0.628. The highest BCUT2D eigenvalue weighted by molar-refractivity contribution is 7.15. The van der Waals surface area contributed by atoms with Gasteiger partial charge in [-0.25, -0.2) is 9.37 Å². The van der Waals surface area contributed by atoms with Crippen LogP contribution in [-0.2, 0) is 0 Å². The van der Waals surface area contributed by atoms with Gasteiger partial charge < -0.3 is 5.32 Å². The minimum absolute atomic E-state index is 0.231. The summed E-state index contributed by atoms with van der Waals surface area (Å²) < 4.78 is 13.0. The zero-order valence-electron chi connectivity index (χ0n) is 8.54. The molecule has 2 rings (SSSR count). The van der Waals surface area contributed by atoms with E-state index in [0.717, 1.165) is 21.3 Å². The average Bonchev–Trinajstić information content (AvgIpc) is 2.60. The number of benzene rings is 1. The second-order valence-corrected chi connectivity index (χ2v) is 4.39. The van der Waals surface area contributed by atoms with Crippen LogP contribution in [0, 0.1) is 12.7 Å². The van der Waals surface area contributed by atoms with Crippen molar-refractivity contribution in [2.45, 2.75) is 6.92 Å². The van der Waals surface area contributed by atoms with E-state index in [0.29, 0.717) is 0 Å². The fourth-order valence-electron chi connectivity index (χ4n) is 1.41. The van der Waals surface area contributed by atoms with Crippen LogP contribution in [0.5, 0.6) is 0 Å². The molecule has 0 amide bonds. The van der Waals surface area contributed by atoms with Gasteiger partial charge in [0, 0.05) is 17.5 Å². The number of rotatable bonds is 2. The van der Waals surface area contributed by atoms with Gasteiger partial charge in [0.1, 0.15) is 5.82 Å². The van der Waals surface area contributed by atoms with Crippen LogP contribution >= 0.6 is 11.3 Å². The van der Waals surface area contributed by atoms with Crippen LogP contribution in [0.2, 0.25) is 0 Å². The molecule has 2 aromatic rings. The third kappa shape index (κ3) is 1.99. The third-order valence-corrected chi connectivity index (χ3v) is 3.10. The normalized spacial score (nSPS) is 10.3. The minimum Gasteiger partial charge on any atom is -0.365 e. The first-order valence-electron chi connectivity index (χ1n) is 4.62. The van der Waals surface area contributed by atoms with Gasteiger partial charge in [0.2, 0.25) is 0 Å². The van der Waals surface area contributed by atoms with Gasteiger partial charge in [0.25, 0.3) is 0 Å². The Morgan fingerprint density at radius 1 is 1.40 bits per heavy atom. The monoisotopic (exact) mass is 222 g/mol. The second kappa shape index (κ2) is 3.98. The van der Waals surface area contributed by atoms with E-state index in [2.05, 4.69) is 10.3 Å². The Morgan fingerprint density at radius 2 is 2.20 bits per heavy atom. The molecule has 0 unspecified atom stereocenters. The molecule has 15 heavy (non-hydrogen) atoms. The van der Waals surface area contributed by atoms with E-state index in [1.807, 2.05) is 20.0 Å². The molecule has 0 bridgehead atoms. The lowest BCUT2D eigenvalue weighted by Gasteiger charge is -1.97. The lowest BCUT2D eigenvalue weighted by atomic mass is 10.1. The van der Waals surface area contributed by atoms with Crippen LogP contribution < -0.4 is 5.32 Å². The van der Waals surface area contributed by atoms with E-state index >= 15 is 0 Å². The maximum absolute atomic E-state index is 13.0. The van der Waals surface area contributed by atoms with Crippen LogP contribution in [-0.4, -0.2) is 12.0 Å². The molecule has 4 heteroatoms. The van der Waals surface area contributed by atoms with Crippen LogP contribution in [0.15, 0.2) is 24.3 Å². The summed E-state index contributed by atoms with van der Waals surface area (Å²) in [5, 5.41) is 3.84. The lowest BCUT2D eigenvalue weighted by Crippen LogP contribution is -1.86. The number of nitrogens with one attached hydrogen (secondary N) is 1. The Balaban J connectivity index is 2.48. The molecule has 0 radical (unpaired) electrons. The summed E-state index contributed by atoms with van der Waals surface area (Å²) in [7, 11) is 1.83. The van der Waals surface area contributed by atoms with Gasteiger partial charge in [-0.05, 0) is 19.1 Å². The maximum Gasteiger partial charge on any atom is 0.183 e. The predicted octanol–water partition coefficient (Wildman–Crippen LogP) is 3.30. The third-order valence-electron chi connectivity index (χ3n) is 2.11. The summed E-state index contributed by atoms with van der Waals surface area (Å²) in [5.41, 5.74) is 1.68. The first-order chi connectivity index (χ1) is 7.20. The summed E-state index contributed by atoms with van der Waals surface area (Å²) in [5.74, 6) is -0.231. The van der Waals surface area contributed by atoms with Crippen molar-refractivity contribution in [1.82, 2.24) is 4.98 Å². The zero-order valence-corrected chi connectivity index (χ0v) is 9.36. The first kappa shape index (κ1) is 10.1. The van der Waals surface area contributed by atoms with E-state index in [-0.39, 0.29) is 5.82 Å². The number of aryl methyl sites for hydroxylation is 1. The molecule has 1 aromatic carbocycles. The fraction of sp³-hybridized carbons (Fsp3) is 0.182. The Labute approximate surface area is 91.8 Å². The van der Waals surface area contributed by atoms with Gasteiger partial charge in [-0.15, -0.1) is 11.3 Å². The summed E-state index contributed by atoms with van der Waals surface area (Å²) in [6.07, 6.45) is 0. The molecule has 2 nitrogen and oxygen atoms in total. The molecule has 0 fully saturated rings. The van der Waals surface area contributed by atoms with Gasteiger partial charge in [-0.1, -0.05) is 12.1 Å². The quantitative estimate of drug-likeness (QED) is 0.843. The SMILES string of the molecule is CNc1nc(-c2cccc(F)c2)c(C)s1. The Kier molecular flexibility index (Phi) is 2.68. The van der Waals surface area contributed by atoms with E-state index in [1.54, 1.807) is 17.4 Å². The molecule has 0 aliphatic carbocycles. The van der Waals surface area contributed by atoms with E-state index in [9.17, 15) is 4.39 Å². The van der Waals surface area contributed by atoms with Crippen molar-refractivity contribution in [3.8, 4) is 11.3 Å². The van der Waals surface area contributed by atoms with Crippen molar-refractivity contribution in [3.63, 3.8) is 0 Å². The Bertz CT molecular complexity index is 479. The molecule has 0 saturated carbocycles. The van der Waals surface area contributed by atoms with Gasteiger partial charge in [-0.2, -0.15) is 0 Å². The summed E-state index contributed by atoms with van der Waals surface area (Å²) >= 11 is 1.57.